The summed E-state index contributed by atoms with van der Waals surface area (Å²) in [6, 6.07) is 8.08. The molecule has 27 heavy (non-hydrogen) atoms. The smallest absolute Gasteiger partial charge is 0.410 e. The second-order valence-electron chi connectivity index (χ2n) is 6.84. The minimum absolute atomic E-state index is 0.0180. The molecular formula is C19H24N2O6. The number of aliphatic carboxylic acids is 1. The number of piperidine rings is 1. The van der Waals surface area contributed by atoms with Gasteiger partial charge in [0, 0.05) is 19.5 Å². The molecule has 0 radical (unpaired) electrons. The van der Waals surface area contributed by atoms with Crippen LogP contribution in [0.25, 0.3) is 0 Å². The number of carboxylic acid groups (broad SMARTS) is 1. The Bertz CT molecular complexity index is 674. The van der Waals surface area contributed by atoms with Gasteiger partial charge in [-0.25, -0.2) is 14.4 Å². The van der Waals surface area contributed by atoms with Crippen LogP contribution in [-0.4, -0.2) is 64.8 Å². The molecule has 0 saturated carbocycles. The van der Waals surface area contributed by atoms with Crippen molar-refractivity contribution in [2.75, 3.05) is 19.6 Å². The first-order valence-corrected chi connectivity index (χ1v) is 9.20. The number of ether oxygens (including phenoxy) is 2. The Hall–Kier alpha value is -2.77. The van der Waals surface area contributed by atoms with Crippen LogP contribution >= 0.6 is 0 Å². The maximum atomic E-state index is 12.4. The molecule has 2 amide bonds. The van der Waals surface area contributed by atoms with E-state index in [1.165, 1.54) is 0 Å². The van der Waals surface area contributed by atoms with E-state index < -0.39 is 30.3 Å². The molecule has 8 nitrogen and oxygen atoms in total. The van der Waals surface area contributed by atoms with Crippen LogP contribution in [0.2, 0.25) is 0 Å². The van der Waals surface area contributed by atoms with Gasteiger partial charge in [0.05, 0.1) is 6.54 Å². The maximum absolute atomic E-state index is 12.4. The molecule has 1 aromatic rings. The summed E-state index contributed by atoms with van der Waals surface area (Å²) in [5.41, 5.74) is 0.810. The molecule has 0 unspecified atom stereocenters. The number of benzene rings is 1. The molecule has 2 heterocycles. The van der Waals surface area contributed by atoms with E-state index in [-0.39, 0.29) is 19.6 Å². The third-order valence-electron chi connectivity index (χ3n) is 4.87. The van der Waals surface area contributed by atoms with Crippen LogP contribution in [0, 0.1) is 0 Å². The first-order chi connectivity index (χ1) is 13.0. The van der Waals surface area contributed by atoms with Crippen molar-refractivity contribution in [2.24, 2.45) is 0 Å². The van der Waals surface area contributed by atoms with E-state index in [0.717, 1.165) is 29.7 Å². The zero-order valence-electron chi connectivity index (χ0n) is 15.1. The summed E-state index contributed by atoms with van der Waals surface area (Å²) in [5.74, 6) is -1.14. The molecule has 2 aliphatic heterocycles. The van der Waals surface area contributed by atoms with Gasteiger partial charge in [0.25, 0.3) is 0 Å². The van der Waals surface area contributed by atoms with Crippen LogP contribution in [0.4, 0.5) is 9.59 Å². The molecule has 0 spiro atoms. The monoisotopic (exact) mass is 376 g/mol. The Labute approximate surface area is 157 Å². The number of amides is 2. The van der Waals surface area contributed by atoms with Crippen molar-refractivity contribution in [3.8, 4) is 0 Å². The number of rotatable bonds is 4. The van der Waals surface area contributed by atoms with E-state index in [1.807, 2.05) is 30.3 Å². The molecular weight excluding hydrogens is 352 g/mol. The molecule has 2 saturated heterocycles. The van der Waals surface area contributed by atoms with Crippen LogP contribution < -0.4 is 0 Å². The number of carbonyl (C=O) groups is 3. The Balaban J connectivity index is 1.56. The standard InChI is InChI=1S/C19H24N2O6/c22-17(23)16-11-15(27-18(24)20-9-5-2-6-10-20)12-21(16)19(25)26-13-14-7-3-1-4-8-14/h1,3-4,7-8,15-16H,2,5-6,9-13H2,(H,22,23)/t15-,16+/m1/s1. The average molecular weight is 376 g/mol. The highest BCUT2D eigenvalue weighted by Crippen LogP contribution is 2.23. The number of hydrogen-bond acceptors (Lipinski definition) is 5. The Kier molecular flexibility index (Phi) is 6.16. The van der Waals surface area contributed by atoms with E-state index >= 15 is 0 Å². The second kappa shape index (κ2) is 8.75. The fourth-order valence-electron chi connectivity index (χ4n) is 3.41. The van der Waals surface area contributed by atoms with E-state index in [2.05, 4.69) is 0 Å². The van der Waals surface area contributed by atoms with Crippen molar-refractivity contribution in [2.45, 2.75) is 44.4 Å². The molecule has 146 valence electrons. The summed E-state index contributed by atoms with van der Waals surface area (Å²) < 4.78 is 10.7. The van der Waals surface area contributed by atoms with Crippen molar-refractivity contribution in [3.63, 3.8) is 0 Å². The number of hydrogen-bond donors (Lipinski definition) is 1. The topological polar surface area (TPSA) is 96.4 Å². The summed E-state index contributed by atoms with van der Waals surface area (Å²) >= 11 is 0. The van der Waals surface area contributed by atoms with Crippen molar-refractivity contribution in [3.05, 3.63) is 35.9 Å². The van der Waals surface area contributed by atoms with E-state index in [1.54, 1.807) is 4.90 Å². The van der Waals surface area contributed by atoms with Crippen LogP contribution in [0.5, 0.6) is 0 Å². The molecule has 8 heteroatoms. The predicted molar refractivity (Wildman–Crippen MR) is 95.1 cm³/mol. The highest BCUT2D eigenvalue weighted by molar-refractivity contribution is 5.81. The molecule has 1 aromatic carbocycles. The Morgan fingerprint density at radius 3 is 2.41 bits per heavy atom. The fourth-order valence-corrected chi connectivity index (χ4v) is 3.41. The van der Waals surface area contributed by atoms with Gasteiger partial charge in [-0.1, -0.05) is 30.3 Å². The molecule has 0 bridgehead atoms. The SMILES string of the molecule is O=C(O)[C@@H]1C[C@@H](OC(=O)N2CCCCC2)CN1C(=O)OCc1ccccc1. The lowest BCUT2D eigenvalue weighted by Gasteiger charge is -2.27. The Morgan fingerprint density at radius 1 is 1.04 bits per heavy atom. The molecule has 1 N–H and O–H groups in total. The summed E-state index contributed by atoms with van der Waals surface area (Å²) in [4.78, 5) is 38.9. The van der Waals surface area contributed by atoms with Crippen LogP contribution in [0.15, 0.2) is 30.3 Å². The molecule has 2 atom stereocenters. The van der Waals surface area contributed by atoms with Gasteiger partial charge in [0.1, 0.15) is 18.8 Å². The molecule has 3 rings (SSSR count). The van der Waals surface area contributed by atoms with Gasteiger partial charge in [-0.2, -0.15) is 0 Å². The number of likely N-dealkylation sites (tertiary alicyclic amines) is 2. The zero-order valence-corrected chi connectivity index (χ0v) is 15.1. The van der Waals surface area contributed by atoms with Crippen LogP contribution in [-0.2, 0) is 20.9 Å². The minimum atomic E-state index is -1.14. The summed E-state index contributed by atoms with van der Waals surface area (Å²) in [5, 5.41) is 9.42. The predicted octanol–water partition coefficient (Wildman–Crippen LogP) is 2.47. The highest BCUT2D eigenvalue weighted by Gasteiger charge is 2.42. The van der Waals surface area contributed by atoms with Crippen molar-refractivity contribution < 1.29 is 29.0 Å². The number of carboxylic acids is 1. The quantitative estimate of drug-likeness (QED) is 0.867. The first-order valence-electron chi connectivity index (χ1n) is 9.20. The maximum Gasteiger partial charge on any atom is 0.410 e. The van der Waals surface area contributed by atoms with Crippen molar-refractivity contribution in [1.29, 1.82) is 0 Å². The number of carbonyl (C=O) groups excluding carboxylic acids is 2. The van der Waals surface area contributed by atoms with Gasteiger partial charge in [0.15, 0.2) is 0 Å². The summed E-state index contributed by atoms with van der Waals surface area (Å²) in [6.07, 6.45) is 1.23. The van der Waals surface area contributed by atoms with Crippen molar-refractivity contribution >= 4 is 18.2 Å². The lowest BCUT2D eigenvalue weighted by molar-refractivity contribution is -0.141. The number of nitrogens with zero attached hydrogens (tertiary/aromatic N) is 2. The van der Waals surface area contributed by atoms with E-state index in [0.29, 0.717) is 13.1 Å². The van der Waals surface area contributed by atoms with Crippen LogP contribution in [0.1, 0.15) is 31.2 Å². The van der Waals surface area contributed by atoms with Gasteiger partial charge in [0.2, 0.25) is 0 Å². The highest BCUT2D eigenvalue weighted by atomic mass is 16.6. The molecule has 0 aliphatic carbocycles. The molecule has 2 aliphatic rings. The summed E-state index contributed by atoms with van der Waals surface area (Å²) in [7, 11) is 0. The van der Waals surface area contributed by atoms with Gasteiger partial charge in [-0.3, -0.25) is 4.90 Å². The van der Waals surface area contributed by atoms with E-state index in [9.17, 15) is 19.5 Å². The first kappa shape index (κ1) is 19.0. The van der Waals surface area contributed by atoms with Crippen LogP contribution in [0.3, 0.4) is 0 Å². The molecule has 2 fully saturated rings. The lowest BCUT2D eigenvalue weighted by atomic mass is 10.1. The molecule has 0 aromatic heterocycles. The van der Waals surface area contributed by atoms with Crippen molar-refractivity contribution in [1.82, 2.24) is 9.80 Å². The fraction of sp³-hybridized carbons (Fsp3) is 0.526. The minimum Gasteiger partial charge on any atom is -0.480 e. The normalized spacial score (nSPS) is 22.4. The van der Waals surface area contributed by atoms with Gasteiger partial charge >= 0.3 is 18.2 Å². The van der Waals surface area contributed by atoms with E-state index in [4.69, 9.17) is 9.47 Å². The average Bonchev–Trinajstić information content (AvgIpc) is 3.12. The largest absolute Gasteiger partial charge is 0.480 e. The third-order valence-corrected chi connectivity index (χ3v) is 4.87. The van der Waals surface area contributed by atoms with Gasteiger partial charge in [-0.15, -0.1) is 0 Å². The summed E-state index contributed by atoms with van der Waals surface area (Å²) in [6.45, 7) is 1.37. The third kappa shape index (κ3) is 4.90. The zero-order chi connectivity index (χ0) is 19.2. The Morgan fingerprint density at radius 2 is 1.74 bits per heavy atom. The van der Waals surface area contributed by atoms with Gasteiger partial charge < -0.3 is 19.5 Å². The second-order valence-corrected chi connectivity index (χ2v) is 6.84. The lowest BCUT2D eigenvalue weighted by Crippen LogP contribution is -2.41. The van der Waals surface area contributed by atoms with Gasteiger partial charge in [-0.05, 0) is 24.8 Å².